The number of nitrogens with one attached hydrogen (secondary N) is 2. The van der Waals surface area contributed by atoms with Crippen molar-refractivity contribution in [3.05, 3.63) is 16.7 Å². The summed E-state index contributed by atoms with van der Waals surface area (Å²) < 4.78 is 5.00. The fourth-order valence-electron chi connectivity index (χ4n) is 1.57. The minimum atomic E-state index is -0.271. The maximum Gasteiger partial charge on any atom is 0.295 e. The number of rotatable bonds is 7. The zero-order valence-electron chi connectivity index (χ0n) is 10.6. The molecule has 0 aromatic carbocycles. The molecule has 96 valence electrons. The van der Waals surface area contributed by atoms with E-state index in [1.54, 1.807) is 0 Å². The van der Waals surface area contributed by atoms with Crippen molar-refractivity contribution in [3.63, 3.8) is 0 Å². The molecule has 2 N–H and O–H groups in total. The Hall–Kier alpha value is -1.56. The summed E-state index contributed by atoms with van der Waals surface area (Å²) in [6, 6.07) is 0. The smallest absolute Gasteiger partial charge is 0.295 e. The number of anilines is 1. The fraction of sp³-hybridized carbons (Fsp3) is 0.636. The number of methoxy groups -OCH3 is 1. The van der Waals surface area contributed by atoms with E-state index in [9.17, 15) is 4.79 Å². The Balaban J connectivity index is 2.57. The van der Waals surface area contributed by atoms with Crippen LogP contribution in [0, 0.1) is 0 Å². The van der Waals surface area contributed by atoms with E-state index < -0.39 is 0 Å². The van der Waals surface area contributed by atoms with Crippen LogP contribution in [0.15, 0.2) is 11.1 Å². The molecule has 0 unspecified atom stereocenters. The Kier molecular flexibility index (Phi) is 5.48. The van der Waals surface area contributed by atoms with Crippen LogP contribution in [-0.4, -0.2) is 48.2 Å². The highest BCUT2D eigenvalue weighted by Gasteiger charge is 2.08. The standard InChI is InChI=1S/C11H20N4O2/c1-4-15(5-2)7-6-12-10-9(17-3)11(16)14-8-13-10/h8H,4-7H2,1-3H3,(H2,12,13,14,16). The first-order valence-corrected chi connectivity index (χ1v) is 5.80. The third kappa shape index (κ3) is 3.74. The molecule has 0 spiro atoms. The van der Waals surface area contributed by atoms with Gasteiger partial charge in [0.2, 0.25) is 5.75 Å². The predicted octanol–water partition coefficient (Wildman–Crippen LogP) is 0.532. The van der Waals surface area contributed by atoms with Gasteiger partial charge in [-0.2, -0.15) is 0 Å². The average Bonchev–Trinajstić information content (AvgIpc) is 2.35. The van der Waals surface area contributed by atoms with Crippen molar-refractivity contribution < 1.29 is 4.74 Å². The van der Waals surface area contributed by atoms with E-state index >= 15 is 0 Å². The Morgan fingerprint density at radius 3 is 2.76 bits per heavy atom. The largest absolute Gasteiger partial charge is 0.489 e. The van der Waals surface area contributed by atoms with Gasteiger partial charge in [-0.15, -0.1) is 0 Å². The number of hydrogen-bond donors (Lipinski definition) is 2. The van der Waals surface area contributed by atoms with Crippen LogP contribution in [-0.2, 0) is 0 Å². The molecule has 0 aliphatic heterocycles. The van der Waals surface area contributed by atoms with Gasteiger partial charge < -0.3 is 19.9 Å². The van der Waals surface area contributed by atoms with Gasteiger partial charge in [-0.3, -0.25) is 4.79 Å². The minimum Gasteiger partial charge on any atom is -0.489 e. The second kappa shape index (κ2) is 6.90. The van der Waals surface area contributed by atoms with Crippen molar-refractivity contribution in [3.8, 4) is 5.75 Å². The lowest BCUT2D eigenvalue weighted by Gasteiger charge is -2.18. The molecule has 0 amide bonds. The second-order valence-corrected chi connectivity index (χ2v) is 3.57. The summed E-state index contributed by atoms with van der Waals surface area (Å²) in [5.41, 5.74) is -0.271. The van der Waals surface area contributed by atoms with Crippen molar-refractivity contribution in [2.24, 2.45) is 0 Å². The van der Waals surface area contributed by atoms with Gasteiger partial charge in [0.1, 0.15) is 0 Å². The Morgan fingerprint density at radius 2 is 2.18 bits per heavy atom. The van der Waals surface area contributed by atoms with E-state index in [2.05, 4.69) is 34.0 Å². The van der Waals surface area contributed by atoms with Crippen molar-refractivity contribution in [2.45, 2.75) is 13.8 Å². The van der Waals surface area contributed by atoms with Gasteiger partial charge in [-0.25, -0.2) is 4.98 Å². The van der Waals surface area contributed by atoms with Crippen molar-refractivity contribution in [1.82, 2.24) is 14.9 Å². The number of hydrogen-bond acceptors (Lipinski definition) is 5. The Labute approximate surface area is 101 Å². The molecular formula is C11H20N4O2. The van der Waals surface area contributed by atoms with Crippen LogP contribution in [0.25, 0.3) is 0 Å². The van der Waals surface area contributed by atoms with E-state index in [1.807, 2.05) is 0 Å². The molecule has 0 atom stereocenters. The number of aromatic nitrogens is 2. The zero-order valence-corrected chi connectivity index (χ0v) is 10.6. The number of aromatic amines is 1. The maximum atomic E-state index is 11.4. The van der Waals surface area contributed by atoms with Gasteiger partial charge in [-0.05, 0) is 13.1 Å². The SMILES string of the molecule is CCN(CC)CCNc1nc[nH]c(=O)c1OC. The topological polar surface area (TPSA) is 70.2 Å². The van der Waals surface area contributed by atoms with Crippen molar-refractivity contribution in [1.29, 1.82) is 0 Å². The molecule has 17 heavy (non-hydrogen) atoms. The van der Waals surface area contributed by atoms with Crippen LogP contribution in [0.2, 0.25) is 0 Å². The molecule has 0 aliphatic carbocycles. The van der Waals surface area contributed by atoms with Crippen molar-refractivity contribution in [2.75, 3.05) is 38.6 Å². The van der Waals surface area contributed by atoms with E-state index in [4.69, 9.17) is 4.74 Å². The molecule has 1 aromatic heterocycles. The first kappa shape index (κ1) is 13.5. The molecule has 0 aliphatic rings. The monoisotopic (exact) mass is 240 g/mol. The molecular weight excluding hydrogens is 220 g/mol. The third-order valence-corrected chi connectivity index (χ3v) is 2.63. The number of likely N-dealkylation sites (N-methyl/N-ethyl adjacent to an activating group) is 1. The fourth-order valence-corrected chi connectivity index (χ4v) is 1.57. The number of nitrogens with zero attached hydrogens (tertiary/aromatic N) is 2. The quantitative estimate of drug-likeness (QED) is 0.727. The first-order chi connectivity index (χ1) is 8.22. The molecule has 0 bridgehead atoms. The zero-order chi connectivity index (χ0) is 12.7. The highest BCUT2D eigenvalue weighted by Crippen LogP contribution is 2.13. The first-order valence-electron chi connectivity index (χ1n) is 5.80. The third-order valence-electron chi connectivity index (χ3n) is 2.63. The molecule has 6 nitrogen and oxygen atoms in total. The van der Waals surface area contributed by atoms with Gasteiger partial charge in [0, 0.05) is 13.1 Å². The summed E-state index contributed by atoms with van der Waals surface area (Å²) in [5, 5.41) is 3.11. The van der Waals surface area contributed by atoms with Crippen LogP contribution in [0.3, 0.4) is 0 Å². The highest BCUT2D eigenvalue weighted by molar-refractivity contribution is 5.47. The molecule has 1 aromatic rings. The maximum absolute atomic E-state index is 11.4. The van der Waals surface area contributed by atoms with Gasteiger partial charge in [0.05, 0.1) is 13.4 Å². The summed E-state index contributed by atoms with van der Waals surface area (Å²) >= 11 is 0. The molecule has 1 heterocycles. The molecule has 0 saturated heterocycles. The lowest BCUT2D eigenvalue weighted by molar-refractivity contribution is 0.315. The van der Waals surface area contributed by atoms with Gasteiger partial charge in [-0.1, -0.05) is 13.8 Å². The Morgan fingerprint density at radius 1 is 1.47 bits per heavy atom. The van der Waals surface area contributed by atoms with Crippen LogP contribution in [0.5, 0.6) is 5.75 Å². The van der Waals surface area contributed by atoms with Gasteiger partial charge in [0.15, 0.2) is 5.82 Å². The minimum absolute atomic E-state index is 0.229. The van der Waals surface area contributed by atoms with Crippen LogP contribution in [0.4, 0.5) is 5.82 Å². The lowest BCUT2D eigenvalue weighted by atomic mass is 10.4. The summed E-state index contributed by atoms with van der Waals surface area (Å²) in [5.74, 6) is 0.718. The average molecular weight is 240 g/mol. The lowest BCUT2D eigenvalue weighted by Crippen LogP contribution is -2.29. The van der Waals surface area contributed by atoms with Crippen LogP contribution in [0.1, 0.15) is 13.8 Å². The second-order valence-electron chi connectivity index (χ2n) is 3.57. The van der Waals surface area contributed by atoms with Crippen LogP contribution >= 0.6 is 0 Å². The Bertz CT molecular complexity index is 387. The molecule has 0 radical (unpaired) electrons. The van der Waals surface area contributed by atoms with Gasteiger partial charge >= 0.3 is 0 Å². The van der Waals surface area contributed by atoms with E-state index in [1.165, 1.54) is 13.4 Å². The molecule has 6 heteroatoms. The van der Waals surface area contributed by atoms with Crippen LogP contribution < -0.4 is 15.6 Å². The summed E-state index contributed by atoms with van der Waals surface area (Å²) in [6.07, 6.45) is 1.37. The summed E-state index contributed by atoms with van der Waals surface area (Å²) in [4.78, 5) is 20.2. The number of ether oxygens (including phenoxy) is 1. The van der Waals surface area contributed by atoms with E-state index in [0.717, 1.165) is 26.2 Å². The van der Waals surface area contributed by atoms with E-state index in [0.29, 0.717) is 5.82 Å². The summed E-state index contributed by atoms with van der Waals surface area (Å²) in [6.45, 7) is 7.90. The van der Waals surface area contributed by atoms with Gasteiger partial charge in [0.25, 0.3) is 5.56 Å². The normalized spacial score (nSPS) is 10.6. The molecule has 1 rings (SSSR count). The molecule has 0 saturated carbocycles. The molecule has 0 fully saturated rings. The van der Waals surface area contributed by atoms with Crippen molar-refractivity contribution >= 4 is 5.82 Å². The highest BCUT2D eigenvalue weighted by atomic mass is 16.5. The predicted molar refractivity (Wildman–Crippen MR) is 67.7 cm³/mol. The summed E-state index contributed by atoms with van der Waals surface area (Å²) in [7, 11) is 1.46. The van der Waals surface area contributed by atoms with E-state index in [-0.39, 0.29) is 11.3 Å². The number of H-pyrrole nitrogens is 1.